The normalized spacial score (nSPS) is 11.5. The molecule has 13 aromatic carbocycles. The van der Waals surface area contributed by atoms with Crippen LogP contribution in [0.2, 0.25) is 0 Å². The van der Waals surface area contributed by atoms with Gasteiger partial charge in [0.05, 0.1) is 22.1 Å². The predicted molar refractivity (Wildman–Crippen MR) is 339 cm³/mol. The van der Waals surface area contributed by atoms with E-state index in [4.69, 9.17) is 0 Å². The smallest absolute Gasteiger partial charge is 0.0541 e. The lowest BCUT2D eigenvalue weighted by Crippen LogP contribution is -1.94. The fourth-order valence-corrected chi connectivity index (χ4v) is 12.1. The molecule has 0 aliphatic heterocycles. The molecular weight excluding hydrogens is 965 g/mol. The molecule has 0 aliphatic carbocycles. The minimum atomic E-state index is 1.14. The quantitative estimate of drug-likeness (QED) is 0.129. The molecule has 0 fully saturated rings. The SMILES string of the molecule is c1ccc(-c2cccc(-c3cccc(-c4cccc(-c5ccc(-c6ccc(-c7cccc(-n8c9ccccc9c9cc(-c%10ccc%11c(c%10)c%10ccccc%10n%11-c%10cccc(-c%11ccccc%11)c%10)ccc98)c7)cc6)cc5)c4)c3)c2)cc1. The third-order valence-electron chi connectivity index (χ3n) is 16.1. The highest BCUT2D eigenvalue weighted by molar-refractivity contribution is 6.13. The second-order valence-corrected chi connectivity index (χ2v) is 20.9. The molecule has 0 unspecified atom stereocenters. The van der Waals surface area contributed by atoms with Gasteiger partial charge in [-0.3, -0.25) is 0 Å². The second-order valence-electron chi connectivity index (χ2n) is 20.9. The number of hydrogen-bond donors (Lipinski definition) is 0. The van der Waals surface area contributed by atoms with E-state index in [1.54, 1.807) is 0 Å². The lowest BCUT2D eigenvalue weighted by Gasteiger charge is -2.12. The molecule has 0 atom stereocenters. The number of aromatic nitrogens is 2. The van der Waals surface area contributed by atoms with Crippen molar-refractivity contribution < 1.29 is 0 Å². The van der Waals surface area contributed by atoms with Crippen LogP contribution >= 0.6 is 0 Å². The topological polar surface area (TPSA) is 9.86 Å². The van der Waals surface area contributed by atoms with Gasteiger partial charge in [-0.15, -0.1) is 0 Å². The van der Waals surface area contributed by atoms with Gasteiger partial charge in [-0.1, -0.05) is 237 Å². The summed E-state index contributed by atoms with van der Waals surface area (Å²) in [7, 11) is 0. The molecule has 0 saturated heterocycles. The van der Waals surface area contributed by atoms with E-state index >= 15 is 0 Å². The van der Waals surface area contributed by atoms with Gasteiger partial charge < -0.3 is 9.13 Å². The maximum atomic E-state index is 2.42. The van der Waals surface area contributed by atoms with Crippen LogP contribution in [-0.2, 0) is 0 Å². The van der Waals surface area contributed by atoms with Crippen LogP contribution in [0.15, 0.2) is 315 Å². The van der Waals surface area contributed by atoms with Gasteiger partial charge in [-0.25, -0.2) is 0 Å². The van der Waals surface area contributed by atoms with Crippen LogP contribution in [0.25, 0.3) is 144 Å². The van der Waals surface area contributed by atoms with Crippen LogP contribution in [0, 0.1) is 0 Å². The molecule has 80 heavy (non-hydrogen) atoms. The number of nitrogens with zero attached hydrogens (tertiary/aromatic N) is 2. The standard InChI is InChI=1S/C78H52N2/c1-3-16-53(17-4-1)59-20-11-22-61(46-59)63-24-13-25-64(48-63)62-23-12-21-60(47-62)57-38-34-55(35-39-57)56-36-40-58(41-37-56)66-27-15-29-70(50-66)80-76-33-10-8-31-72(76)74-52-68(43-45-78(74)80)67-42-44-77-73(51-67)71-30-7-9-32-75(71)79(77)69-28-14-26-65(49-69)54-18-5-2-6-19-54/h1-52H. The summed E-state index contributed by atoms with van der Waals surface area (Å²) < 4.78 is 4.83. The van der Waals surface area contributed by atoms with Crippen molar-refractivity contribution in [1.82, 2.24) is 9.13 Å². The fraction of sp³-hybridized carbons (Fsp3) is 0. The molecule has 2 aromatic heterocycles. The highest BCUT2D eigenvalue weighted by Crippen LogP contribution is 2.40. The zero-order valence-corrected chi connectivity index (χ0v) is 43.9. The van der Waals surface area contributed by atoms with Crippen LogP contribution in [0.1, 0.15) is 0 Å². The Morgan fingerprint density at radius 2 is 0.375 bits per heavy atom. The van der Waals surface area contributed by atoms with Crippen molar-refractivity contribution in [3.63, 3.8) is 0 Å². The molecule has 0 bridgehead atoms. The van der Waals surface area contributed by atoms with Gasteiger partial charge in [-0.2, -0.15) is 0 Å². The zero-order chi connectivity index (χ0) is 52.9. The molecule has 0 N–H and O–H groups in total. The van der Waals surface area contributed by atoms with E-state index in [1.807, 2.05) is 0 Å². The van der Waals surface area contributed by atoms with Crippen LogP contribution in [0.3, 0.4) is 0 Å². The Morgan fingerprint density at radius 3 is 0.750 bits per heavy atom. The third-order valence-corrected chi connectivity index (χ3v) is 16.1. The Kier molecular flexibility index (Phi) is 11.6. The molecule has 2 nitrogen and oxygen atoms in total. The van der Waals surface area contributed by atoms with Gasteiger partial charge in [-0.05, 0) is 168 Å². The lowest BCUT2D eigenvalue weighted by atomic mass is 9.94. The van der Waals surface area contributed by atoms with Gasteiger partial charge in [0.15, 0.2) is 0 Å². The molecule has 0 radical (unpaired) electrons. The molecule has 2 heteroatoms. The van der Waals surface area contributed by atoms with E-state index in [2.05, 4.69) is 325 Å². The van der Waals surface area contributed by atoms with Crippen LogP contribution < -0.4 is 0 Å². The van der Waals surface area contributed by atoms with E-state index in [0.29, 0.717) is 0 Å². The first-order chi connectivity index (χ1) is 39.6. The van der Waals surface area contributed by atoms with Crippen LogP contribution in [0.5, 0.6) is 0 Å². The largest absolute Gasteiger partial charge is 0.309 e. The summed E-state index contributed by atoms with van der Waals surface area (Å²) in [6.45, 7) is 0. The zero-order valence-electron chi connectivity index (χ0n) is 43.9. The fourth-order valence-electron chi connectivity index (χ4n) is 12.1. The maximum Gasteiger partial charge on any atom is 0.0541 e. The summed E-state index contributed by atoms with van der Waals surface area (Å²) in [6, 6.07) is 115. The summed E-state index contributed by atoms with van der Waals surface area (Å²) in [4.78, 5) is 0. The molecule has 0 amide bonds. The van der Waals surface area contributed by atoms with Crippen LogP contribution in [0.4, 0.5) is 0 Å². The number of benzene rings is 13. The summed E-state index contributed by atoms with van der Waals surface area (Å²) in [5, 5.41) is 4.96. The van der Waals surface area contributed by atoms with Crippen molar-refractivity contribution in [2.75, 3.05) is 0 Å². The van der Waals surface area contributed by atoms with Gasteiger partial charge in [0.1, 0.15) is 0 Å². The van der Waals surface area contributed by atoms with E-state index in [9.17, 15) is 0 Å². The van der Waals surface area contributed by atoms with Crippen molar-refractivity contribution in [2.24, 2.45) is 0 Å². The predicted octanol–water partition coefficient (Wildman–Crippen LogP) is 21.2. The number of rotatable bonds is 10. The van der Waals surface area contributed by atoms with Crippen molar-refractivity contribution in [2.45, 2.75) is 0 Å². The van der Waals surface area contributed by atoms with E-state index in [-0.39, 0.29) is 0 Å². The minimum absolute atomic E-state index is 1.14. The average molecular weight is 1020 g/mol. The summed E-state index contributed by atoms with van der Waals surface area (Å²) in [5.74, 6) is 0. The second kappa shape index (κ2) is 19.8. The monoisotopic (exact) mass is 1020 g/mol. The summed E-state index contributed by atoms with van der Waals surface area (Å²) in [5.41, 5.74) is 26.3. The maximum absolute atomic E-state index is 2.42. The van der Waals surface area contributed by atoms with E-state index in [1.165, 1.54) is 133 Å². The molecule has 15 rings (SSSR count). The summed E-state index contributed by atoms with van der Waals surface area (Å²) in [6.07, 6.45) is 0. The van der Waals surface area contributed by atoms with Gasteiger partial charge in [0.2, 0.25) is 0 Å². The molecule has 0 saturated carbocycles. The van der Waals surface area contributed by atoms with Crippen molar-refractivity contribution in [3.8, 4) is 100 Å². The Bertz CT molecular complexity index is 4790. The summed E-state index contributed by atoms with van der Waals surface area (Å²) >= 11 is 0. The minimum Gasteiger partial charge on any atom is -0.309 e. The molecule has 0 aliphatic rings. The van der Waals surface area contributed by atoms with Crippen LogP contribution in [-0.4, -0.2) is 9.13 Å². The Hall–Kier alpha value is -10.5. The number of para-hydroxylation sites is 2. The highest BCUT2D eigenvalue weighted by atomic mass is 15.0. The van der Waals surface area contributed by atoms with E-state index in [0.717, 1.165) is 11.4 Å². The lowest BCUT2D eigenvalue weighted by molar-refractivity contribution is 1.18. The number of fused-ring (bicyclic) bond motifs is 6. The van der Waals surface area contributed by atoms with Gasteiger partial charge in [0, 0.05) is 32.9 Å². The van der Waals surface area contributed by atoms with Crippen molar-refractivity contribution in [1.29, 1.82) is 0 Å². The van der Waals surface area contributed by atoms with Crippen molar-refractivity contribution in [3.05, 3.63) is 315 Å². The number of hydrogen-bond acceptors (Lipinski definition) is 0. The Labute approximate surface area is 466 Å². The van der Waals surface area contributed by atoms with Gasteiger partial charge >= 0.3 is 0 Å². The van der Waals surface area contributed by atoms with E-state index < -0.39 is 0 Å². The molecule has 15 aromatic rings. The first-order valence-electron chi connectivity index (χ1n) is 27.5. The molecule has 2 heterocycles. The van der Waals surface area contributed by atoms with Crippen molar-refractivity contribution >= 4 is 43.6 Å². The highest BCUT2D eigenvalue weighted by Gasteiger charge is 2.18. The molecule has 374 valence electrons. The van der Waals surface area contributed by atoms with Gasteiger partial charge in [0.25, 0.3) is 0 Å². The average Bonchev–Trinajstić information content (AvgIpc) is 4.26. The first kappa shape index (κ1) is 46.7. The molecule has 0 spiro atoms. The first-order valence-corrected chi connectivity index (χ1v) is 27.5. The third kappa shape index (κ3) is 8.48. The molecular formula is C78H52N2. The Morgan fingerprint density at radius 1 is 0.138 bits per heavy atom. The Balaban J connectivity index is 0.694.